The number of nitrogens with zero attached hydrogens (tertiary/aromatic N) is 6. The Balaban J connectivity index is 1.77. The topological polar surface area (TPSA) is 82.0 Å². The van der Waals surface area contributed by atoms with Crippen LogP contribution in [-0.4, -0.2) is 37.6 Å². The fourth-order valence-corrected chi connectivity index (χ4v) is 3.31. The highest BCUT2D eigenvalue weighted by atomic mass is 16.6. The number of hydrogen-bond donors (Lipinski definition) is 0. The van der Waals surface area contributed by atoms with Crippen LogP contribution < -0.4 is 4.90 Å². The summed E-state index contributed by atoms with van der Waals surface area (Å²) in [6, 6.07) is 0. The molecule has 8 nitrogen and oxygen atoms in total. The van der Waals surface area contributed by atoms with Crippen molar-refractivity contribution in [3.05, 3.63) is 33.8 Å². The molecule has 1 fully saturated rings. The molecule has 0 aliphatic carbocycles. The van der Waals surface area contributed by atoms with Crippen molar-refractivity contribution in [3.8, 4) is 0 Å². The lowest BCUT2D eigenvalue weighted by atomic mass is 10.0. The molecule has 1 unspecified atom stereocenters. The van der Waals surface area contributed by atoms with Gasteiger partial charge in [0.15, 0.2) is 0 Å². The molecule has 118 valence electrons. The Labute approximate surface area is 128 Å². The molecule has 1 aliphatic rings. The highest BCUT2D eigenvalue weighted by Gasteiger charge is 2.33. The molecular weight excluding hydrogens is 284 g/mol. The average Bonchev–Trinajstić information content (AvgIpc) is 3.10. The van der Waals surface area contributed by atoms with Crippen LogP contribution >= 0.6 is 0 Å². The zero-order chi connectivity index (χ0) is 15.9. The third kappa shape index (κ3) is 2.56. The Hall–Kier alpha value is -2.38. The molecule has 1 atom stereocenters. The number of nitro groups is 1. The van der Waals surface area contributed by atoms with E-state index in [1.165, 1.54) is 5.56 Å². The van der Waals surface area contributed by atoms with Crippen LogP contribution in [-0.2, 0) is 20.5 Å². The smallest absolute Gasteiger partial charge is 0.333 e. The van der Waals surface area contributed by atoms with Gasteiger partial charge in [0.25, 0.3) is 0 Å². The molecule has 3 rings (SSSR count). The van der Waals surface area contributed by atoms with Crippen LogP contribution in [0.2, 0.25) is 0 Å². The lowest BCUT2D eigenvalue weighted by Gasteiger charge is -2.17. The second kappa shape index (κ2) is 5.43. The first-order chi connectivity index (χ1) is 10.5. The Morgan fingerprint density at radius 1 is 1.45 bits per heavy atom. The van der Waals surface area contributed by atoms with Crippen molar-refractivity contribution in [3.63, 3.8) is 0 Å². The van der Waals surface area contributed by atoms with Crippen molar-refractivity contribution in [1.82, 2.24) is 19.6 Å². The van der Waals surface area contributed by atoms with Gasteiger partial charge in [-0.1, -0.05) is 0 Å². The Bertz CT molecular complexity index is 704. The molecule has 1 saturated heterocycles. The molecule has 1 aliphatic heterocycles. The van der Waals surface area contributed by atoms with E-state index in [4.69, 9.17) is 0 Å². The summed E-state index contributed by atoms with van der Waals surface area (Å²) in [5.41, 5.74) is 1.81. The van der Waals surface area contributed by atoms with Crippen LogP contribution in [0.1, 0.15) is 17.7 Å². The van der Waals surface area contributed by atoms with Gasteiger partial charge in [-0.2, -0.15) is 10.2 Å². The van der Waals surface area contributed by atoms with E-state index in [9.17, 15) is 10.1 Å². The van der Waals surface area contributed by atoms with Gasteiger partial charge in [-0.25, -0.2) is 4.68 Å². The fourth-order valence-electron chi connectivity index (χ4n) is 3.31. The summed E-state index contributed by atoms with van der Waals surface area (Å²) in [6.45, 7) is 3.32. The van der Waals surface area contributed by atoms with E-state index < -0.39 is 0 Å². The van der Waals surface area contributed by atoms with Crippen molar-refractivity contribution < 1.29 is 4.92 Å². The van der Waals surface area contributed by atoms with Crippen LogP contribution in [0, 0.1) is 23.0 Å². The van der Waals surface area contributed by atoms with Crippen LogP contribution in [0.15, 0.2) is 12.4 Å². The van der Waals surface area contributed by atoms with Crippen molar-refractivity contribution in [2.75, 3.05) is 18.0 Å². The molecule has 22 heavy (non-hydrogen) atoms. The zero-order valence-corrected chi connectivity index (χ0v) is 13.1. The predicted molar refractivity (Wildman–Crippen MR) is 81.8 cm³/mol. The van der Waals surface area contributed by atoms with E-state index in [1.54, 1.807) is 23.3 Å². The molecule has 8 heteroatoms. The Morgan fingerprint density at radius 2 is 2.23 bits per heavy atom. The van der Waals surface area contributed by atoms with Crippen LogP contribution in [0.3, 0.4) is 0 Å². The molecule has 0 saturated carbocycles. The third-order valence-corrected chi connectivity index (χ3v) is 4.21. The molecule has 3 heterocycles. The first-order valence-electron chi connectivity index (χ1n) is 7.36. The molecule has 0 amide bonds. The van der Waals surface area contributed by atoms with E-state index in [0.29, 0.717) is 17.4 Å². The van der Waals surface area contributed by atoms with Gasteiger partial charge in [-0.3, -0.25) is 14.8 Å². The van der Waals surface area contributed by atoms with E-state index in [0.717, 1.165) is 25.9 Å². The Kier molecular flexibility index (Phi) is 3.59. The molecule has 2 aromatic rings. The van der Waals surface area contributed by atoms with Gasteiger partial charge >= 0.3 is 5.69 Å². The number of hydrogen-bond acceptors (Lipinski definition) is 5. The quantitative estimate of drug-likeness (QED) is 0.630. The molecule has 2 aromatic heterocycles. The van der Waals surface area contributed by atoms with Crippen molar-refractivity contribution in [1.29, 1.82) is 0 Å². The highest BCUT2D eigenvalue weighted by Crippen LogP contribution is 2.34. The van der Waals surface area contributed by atoms with Crippen molar-refractivity contribution >= 4 is 11.5 Å². The summed E-state index contributed by atoms with van der Waals surface area (Å²) >= 11 is 0. The highest BCUT2D eigenvalue weighted by molar-refractivity contribution is 5.61. The monoisotopic (exact) mass is 304 g/mol. The summed E-state index contributed by atoms with van der Waals surface area (Å²) in [5.74, 6) is 1.11. The second-order valence-corrected chi connectivity index (χ2v) is 5.97. The molecule has 0 radical (unpaired) electrons. The maximum Gasteiger partial charge on any atom is 0.333 e. The van der Waals surface area contributed by atoms with Gasteiger partial charge in [0.1, 0.15) is 5.69 Å². The molecule has 0 bridgehead atoms. The fraction of sp³-hybridized carbons (Fsp3) is 0.571. The van der Waals surface area contributed by atoms with Crippen molar-refractivity contribution in [2.24, 2.45) is 20.0 Å². The minimum absolute atomic E-state index is 0.129. The standard InChI is InChI=1S/C14H20N6O2/c1-10-13(20(21)22)14(18(3)16-10)19-5-4-11(9-19)6-12-7-15-17(2)8-12/h7-8,11H,4-6,9H2,1-3H3. The van der Waals surface area contributed by atoms with E-state index in [-0.39, 0.29) is 10.6 Å². The lowest BCUT2D eigenvalue weighted by Crippen LogP contribution is -2.23. The van der Waals surface area contributed by atoms with Gasteiger partial charge < -0.3 is 4.90 Å². The minimum Gasteiger partial charge on any atom is -0.351 e. The summed E-state index contributed by atoms with van der Waals surface area (Å²) in [6.07, 6.45) is 5.89. The number of aryl methyl sites for hydroxylation is 3. The minimum atomic E-state index is -0.327. The first kappa shape index (κ1) is 14.6. The van der Waals surface area contributed by atoms with Gasteiger partial charge in [-0.15, -0.1) is 0 Å². The summed E-state index contributed by atoms with van der Waals surface area (Å²) in [5, 5.41) is 19.7. The lowest BCUT2D eigenvalue weighted by molar-refractivity contribution is -0.384. The summed E-state index contributed by atoms with van der Waals surface area (Å²) in [4.78, 5) is 13.1. The molecule has 0 N–H and O–H groups in total. The van der Waals surface area contributed by atoms with Gasteiger partial charge in [0.2, 0.25) is 5.82 Å². The van der Waals surface area contributed by atoms with E-state index >= 15 is 0 Å². The normalized spacial score (nSPS) is 18.1. The summed E-state index contributed by atoms with van der Waals surface area (Å²) < 4.78 is 3.43. The number of anilines is 1. The number of rotatable bonds is 4. The SMILES string of the molecule is Cc1nn(C)c(N2CCC(Cc3cnn(C)c3)C2)c1[N+](=O)[O-]. The second-order valence-electron chi connectivity index (χ2n) is 5.97. The van der Waals surface area contributed by atoms with Gasteiger partial charge in [-0.05, 0) is 31.2 Å². The van der Waals surface area contributed by atoms with Crippen LogP contribution in [0.5, 0.6) is 0 Å². The molecule has 0 spiro atoms. The number of aromatic nitrogens is 4. The van der Waals surface area contributed by atoms with Crippen LogP contribution in [0.4, 0.5) is 11.5 Å². The molecular formula is C14H20N6O2. The Morgan fingerprint density at radius 3 is 2.86 bits per heavy atom. The van der Waals surface area contributed by atoms with Crippen LogP contribution in [0.25, 0.3) is 0 Å². The van der Waals surface area contributed by atoms with Gasteiger partial charge in [0.05, 0.1) is 11.1 Å². The maximum absolute atomic E-state index is 11.3. The van der Waals surface area contributed by atoms with E-state index in [1.807, 2.05) is 19.4 Å². The summed E-state index contributed by atoms with van der Waals surface area (Å²) in [7, 11) is 3.68. The largest absolute Gasteiger partial charge is 0.351 e. The zero-order valence-electron chi connectivity index (χ0n) is 13.1. The van der Waals surface area contributed by atoms with E-state index in [2.05, 4.69) is 15.1 Å². The van der Waals surface area contributed by atoms with Gasteiger partial charge in [0, 0.05) is 33.4 Å². The predicted octanol–water partition coefficient (Wildman–Crippen LogP) is 1.44. The van der Waals surface area contributed by atoms with Crippen molar-refractivity contribution in [2.45, 2.75) is 19.8 Å². The average molecular weight is 304 g/mol. The first-order valence-corrected chi connectivity index (χ1v) is 7.36. The third-order valence-electron chi connectivity index (χ3n) is 4.21. The maximum atomic E-state index is 11.3. The molecule has 0 aromatic carbocycles.